The van der Waals surface area contributed by atoms with Gasteiger partial charge < -0.3 is 10.3 Å². The Balaban J connectivity index is 1.91. The number of nitrogen functional groups attached to an aromatic ring is 1. The largest absolute Gasteiger partial charge is 0.396 e. The van der Waals surface area contributed by atoms with Crippen molar-refractivity contribution in [2.45, 2.75) is 6.04 Å². The molecule has 1 atom stereocenters. The highest BCUT2D eigenvalue weighted by Gasteiger charge is 2.26. The van der Waals surface area contributed by atoms with Crippen molar-refractivity contribution in [2.24, 2.45) is 0 Å². The number of nitrogens with two attached hydrogens (primary N) is 1. The molecular weight excluding hydrogens is 331 g/mol. The monoisotopic (exact) mass is 344 g/mol. The van der Waals surface area contributed by atoms with Gasteiger partial charge in [0.05, 0.1) is 21.8 Å². The summed E-state index contributed by atoms with van der Waals surface area (Å²) in [6, 6.07) is 3.53. The van der Waals surface area contributed by atoms with Gasteiger partial charge >= 0.3 is 0 Å². The molecule has 5 nitrogen and oxygen atoms in total. The van der Waals surface area contributed by atoms with Crippen LogP contribution in [0.2, 0.25) is 10.0 Å². The summed E-state index contributed by atoms with van der Waals surface area (Å²) in [6.07, 6.45) is 0. The Morgan fingerprint density at radius 1 is 1.38 bits per heavy atom. The maximum Gasteiger partial charge on any atom is 0.258 e. The maximum atomic E-state index is 6.04. The molecule has 0 amide bonds. The summed E-state index contributed by atoms with van der Waals surface area (Å²) in [5.74, 6) is 3.17. The lowest BCUT2D eigenvalue weighted by atomic mass is 10.2. The highest BCUT2D eigenvalue weighted by atomic mass is 35.5. The van der Waals surface area contributed by atoms with E-state index >= 15 is 0 Å². The second-order valence-electron chi connectivity index (χ2n) is 4.88. The van der Waals surface area contributed by atoms with Gasteiger partial charge in [0.1, 0.15) is 0 Å². The van der Waals surface area contributed by atoms with Crippen LogP contribution in [0.5, 0.6) is 0 Å². The van der Waals surface area contributed by atoms with Crippen LogP contribution in [0.4, 0.5) is 5.69 Å². The van der Waals surface area contributed by atoms with Crippen LogP contribution in [0, 0.1) is 0 Å². The van der Waals surface area contributed by atoms with Crippen LogP contribution in [0.15, 0.2) is 16.7 Å². The van der Waals surface area contributed by atoms with Crippen LogP contribution in [-0.4, -0.2) is 40.1 Å². The molecule has 1 aromatic carbocycles. The first-order chi connectivity index (χ1) is 10.1. The highest BCUT2D eigenvalue weighted by Crippen LogP contribution is 2.34. The first-order valence-electron chi connectivity index (χ1n) is 6.42. The summed E-state index contributed by atoms with van der Waals surface area (Å²) < 4.78 is 5.35. The predicted octanol–water partition coefficient (Wildman–Crippen LogP) is 3.35. The van der Waals surface area contributed by atoms with Crippen LogP contribution in [0.1, 0.15) is 11.9 Å². The Kier molecular flexibility index (Phi) is 4.31. The third kappa shape index (κ3) is 2.99. The molecule has 1 aliphatic heterocycles. The summed E-state index contributed by atoms with van der Waals surface area (Å²) in [7, 11) is 2.07. The second kappa shape index (κ2) is 6.04. The molecular formula is C13H14Cl2N4OS. The van der Waals surface area contributed by atoms with Gasteiger partial charge in [-0.3, -0.25) is 4.90 Å². The first kappa shape index (κ1) is 15.0. The number of benzene rings is 1. The van der Waals surface area contributed by atoms with Crippen molar-refractivity contribution >= 4 is 40.7 Å². The lowest BCUT2D eigenvalue weighted by Crippen LogP contribution is -2.33. The molecule has 1 saturated heterocycles. The van der Waals surface area contributed by atoms with Gasteiger partial charge in [0, 0.05) is 23.6 Å². The molecule has 0 aliphatic carbocycles. The number of anilines is 1. The summed E-state index contributed by atoms with van der Waals surface area (Å²) in [5.41, 5.74) is 6.75. The minimum Gasteiger partial charge on any atom is -0.396 e. The van der Waals surface area contributed by atoms with Gasteiger partial charge in [-0.05, 0) is 19.2 Å². The quantitative estimate of drug-likeness (QED) is 0.842. The lowest BCUT2D eigenvalue weighted by molar-refractivity contribution is 0.257. The Morgan fingerprint density at radius 3 is 2.76 bits per heavy atom. The van der Waals surface area contributed by atoms with E-state index in [9.17, 15) is 0 Å². The molecule has 0 spiro atoms. The molecule has 0 saturated carbocycles. The minimum atomic E-state index is 0.168. The molecule has 8 heteroatoms. The lowest BCUT2D eigenvalue weighted by Gasteiger charge is -2.29. The van der Waals surface area contributed by atoms with E-state index in [4.69, 9.17) is 33.5 Å². The summed E-state index contributed by atoms with van der Waals surface area (Å²) in [5, 5.41) is 4.84. The van der Waals surface area contributed by atoms with E-state index in [2.05, 4.69) is 22.1 Å². The SMILES string of the molecule is CN1CCSCC1c1noc(-c2cc(Cl)c(N)c(Cl)c2)n1. The third-order valence-electron chi connectivity index (χ3n) is 3.46. The van der Waals surface area contributed by atoms with Crippen LogP contribution in [-0.2, 0) is 0 Å². The van der Waals surface area contributed by atoms with E-state index in [1.807, 2.05) is 11.8 Å². The maximum absolute atomic E-state index is 6.04. The van der Waals surface area contributed by atoms with Crippen molar-refractivity contribution in [1.82, 2.24) is 15.0 Å². The van der Waals surface area contributed by atoms with Crippen molar-refractivity contribution in [3.05, 3.63) is 28.0 Å². The number of rotatable bonds is 2. The predicted molar refractivity (Wildman–Crippen MR) is 86.9 cm³/mol. The summed E-state index contributed by atoms with van der Waals surface area (Å²) >= 11 is 14.0. The summed E-state index contributed by atoms with van der Waals surface area (Å²) in [6.45, 7) is 1.01. The third-order valence-corrected chi connectivity index (χ3v) is 5.11. The van der Waals surface area contributed by atoms with E-state index in [1.54, 1.807) is 12.1 Å². The molecule has 1 unspecified atom stereocenters. The zero-order chi connectivity index (χ0) is 15.0. The zero-order valence-corrected chi connectivity index (χ0v) is 13.7. The molecule has 2 heterocycles. The van der Waals surface area contributed by atoms with Gasteiger partial charge in [-0.2, -0.15) is 16.7 Å². The molecule has 2 aromatic rings. The standard InChI is InChI=1S/C13H14Cl2N4OS/c1-19-2-3-21-6-10(19)12-17-13(20-18-12)7-4-8(14)11(16)9(15)5-7/h4-5,10H,2-3,6,16H2,1H3. The fourth-order valence-electron chi connectivity index (χ4n) is 2.15. The van der Waals surface area contributed by atoms with E-state index in [-0.39, 0.29) is 6.04 Å². The molecule has 112 valence electrons. The van der Waals surface area contributed by atoms with Crippen LogP contribution in [0.3, 0.4) is 0 Å². The van der Waals surface area contributed by atoms with Crippen LogP contribution in [0.25, 0.3) is 11.5 Å². The summed E-state index contributed by atoms with van der Waals surface area (Å²) in [4.78, 5) is 6.71. The van der Waals surface area contributed by atoms with Gasteiger partial charge in [-0.25, -0.2) is 0 Å². The van der Waals surface area contributed by atoms with E-state index < -0.39 is 0 Å². The van der Waals surface area contributed by atoms with Gasteiger partial charge in [0.25, 0.3) is 5.89 Å². The average molecular weight is 345 g/mol. The van der Waals surface area contributed by atoms with Crippen molar-refractivity contribution in [3.8, 4) is 11.5 Å². The molecule has 21 heavy (non-hydrogen) atoms. The van der Waals surface area contributed by atoms with Crippen LogP contribution >= 0.6 is 35.0 Å². The van der Waals surface area contributed by atoms with Crippen molar-refractivity contribution < 1.29 is 4.52 Å². The number of thioether (sulfide) groups is 1. The molecule has 1 aromatic heterocycles. The van der Waals surface area contributed by atoms with E-state index in [1.165, 1.54) is 0 Å². The van der Waals surface area contributed by atoms with Crippen molar-refractivity contribution in [1.29, 1.82) is 0 Å². The van der Waals surface area contributed by atoms with Gasteiger partial charge in [0.15, 0.2) is 5.82 Å². The number of halogens is 2. The number of hydrogen-bond acceptors (Lipinski definition) is 6. The first-order valence-corrected chi connectivity index (χ1v) is 8.34. The van der Waals surface area contributed by atoms with Gasteiger partial charge in [-0.15, -0.1) is 0 Å². The van der Waals surface area contributed by atoms with Crippen molar-refractivity contribution in [3.63, 3.8) is 0 Å². The van der Waals surface area contributed by atoms with Crippen LogP contribution < -0.4 is 5.73 Å². The highest BCUT2D eigenvalue weighted by molar-refractivity contribution is 7.99. The normalized spacial score (nSPS) is 19.9. The zero-order valence-electron chi connectivity index (χ0n) is 11.3. The Bertz CT molecular complexity index is 640. The average Bonchev–Trinajstić information content (AvgIpc) is 2.94. The fraction of sp³-hybridized carbons (Fsp3) is 0.385. The molecule has 0 bridgehead atoms. The van der Waals surface area contributed by atoms with Gasteiger partial charge in [-0.1, -0.05) is 28.4 Å². The van der Waals surface area contributed by atoms with Gasteiger partial charge in [0.2, 0.25) is 0 Å². The smallest absolute Gasteiger partial charge is 0.258 e. The molecule has 2 N–H and O–H groups in total. The Hall–Kier alpha value is -0.950. The molecule has 1 fully saturated rings. The van der Waals surface area contributed by atoms with E-state index in [0.29, 0.717) is 33.0 Å². The fourth-order valence-corrected chi connectivity index (χ4v) is 3.85. The Morgan fingerprint density at radius 2 is 2.10 bits per heavy atom. The number of nitrogens with zero attached hydrogens (tertiary/aromatic N) is 3. The topological polar surface area (TPSA) is 68.2 Å². The number of hydrogen-bond donors (Lipinski definition) is 1. The molecule has 3 rings (SSSR count). The molecule has 1 aliphatic rings. The Labute approximate surface area is 136 Å². The molecule has 0 radical (unpaired) electrons. The second-order valence-corrected chi connectivity index (χ2v) is 6.85. The minimum absolute atomic E-state index is 0.168. The van der Waals surface area contributed by atoms with E-state index in [0.717, 1.165) is 18.1 Å². The van der Waals surface area contributed by atoms with Crippen molar-refractivity contribution in [2.75, 3.05) is 30.8 Å². The number of aromatic nitrogens is 2.